The molecule has 5 heteroatoms. The molecular weight excluding hydrogens is 494 g/mol. The molecule has 37 heavy (non-hydrogen) atoms. The molecule has 0 unspecified atom stereocenters. The lowest BCUT2D eigenvalue weighted by Crippen LogP contribution is -2.29. The first-order valence-corrected chi connectivity index (χ1v) is 16.1. The van der Waals surface area contributed by atoms with E-state index in [1.54, 1.807) is 11.8 Å². The van der Waals surface area contributed by atoms with E-state index in [9.17, 15) is 8.42 Å². The summed E-state index contributed by atoms with van der Waals surface area (Å²) in [5.41, 5.74) is 5.53. The van der Waals surface area contributed by atoms with Gasteiger partial charge in [-0.3, -0.25) is 0 Å². The van der Waals surface area contributed by atoms with Crippen LogP contribution >= 0.6 is 11.8 Å². The third-order valence-corrected chi connectivity index (χ3v) is 9.38. The van der Waals surface area contributed by atoms with Gasteiger partial charge in [-0.15, -0.1) is 11.8 Å². The van der Waals surface area contributed by atoms with Gasteiger partial charge in [-0.05, 0) is 82.7 Å². The molecule has 3 rings (SSSR count). The summed E-state index contributed by atoms with van der Waals surface area (Å²) in [7, 11) is -3.67. The molecule has 0 saturated carbocycles. The molecular formula is C32H43NO2S2. The van der Waals surface area contributed by atoms with Crippen molar-refractivity contribution in [2.24, 2.45) is 0 Å². The number of hydrogen-bond donors (Lipinski definition) is 1. The summed E-state index contributed by atoms with van der Waals surface area (Å²) in [4.78, 5) is 1.73. The van der Waals surface area contributed by atoms with E-state index in [2.05, 4.69) is 113 Å². The molecule has 3 nitrogen and oxygen atoms in total. The van der Waals surface area contributed by atoms with Crippen molar-refractivity contribution in [2.45, 2.75) is 87.8 Å². The van der Waals surface area contributed by atoms with Crippen LogP contribution in [0.25, 0.3) is 0 Å². The molecule has 0 aromatic heterocycles. The average Bonchev–Trinajstić information content (AvgIpc) is 2.88. The number of benzene rings is 3. The third kappa shape index (κ3) is 7.72. The first kappa shape index (κ1) is 29.5. The van der Waals surface area contributed by atoms with Crippen molar-refractivity contribution in [1.29, 1.82) is 0 Å². The van der Waals surface area contributed by atoms with Gasteiger partial charge in [0.15, 0.2) is 0 Å². The summed E-state index contributed by atoms with van der Waals surface area (Å²) < 4.78 is 30.6. The number of nitrogens with one attached hydrogen (secondary N) is 1. The third-order valence-electron chi connectivity index (χ3n) is 7.05. The second-order valence-electron chi connectivity index (χ2n) is 10.8. The minimum Gasteiger partial charge on any atom is -0.211 e. The molecule has 0 aliphatic carbocycles. The van der Waals surface area contributed by atoms with Crippen LogP contribution in [0.2, 0.25) is 0 Å². The Bertz CT molecular complexity index is 1220. The lowest BCUT2D eigenvalue weighted by atomic mass is 9.89. The predicted octanol–water partition coefficient (Wildman–Crippen LogP) is 8.47. The summed E-state index contributed by atoms with van der Waals surface area (Å²) in [6.07, 6.45) is 3.68. The quantitative estimate of drug-likeness (QED) is 0.236. The lowest BCUT2D eigenvalue weighted by molar-refractivity contribution is 0.560. The normalized spacial score (nSPS) is 13.0. The van der Waals surface area contributed by atoms with Crippen molar-refractivity contribution in [2.75, 3.05) is 12.8 Å². The first-order chi connectivity index (χ1) is 17.5. The van der Waals surface area contributed by atoms with Crippen LogP contribution in [0.4, 0.5) is 0 Å². The molecule has 3 aromatic rings. The molecule has 1 N–H and O–H groups in total. The van der Waals surface area contributed by atoms with Gasteiger partial charge < -0.3 is 0 Å². The van der Waals surface area contributed by atoms with Crippen LogP contribution in [0.5, 0.6) is 0 Å². The van der Waals surface area contributed by atoms with Gasteiger partial charge >= 0.3 is 0 Å². The highest BCUT2D eigenvalue weighted by Crippen LogP contribution is 2.35. The fourth-order valence-electron chi connectivity index (χ4n) is 4.80. The Balaban J connectivity index is 1.87. The Labute approximate surface area is 229 Å². The van der Waals surface area contributed by atoms with Crippen LogP contribution in [-0.2, 0) is 16.4 Å². The van der Waals surface area contributed by atoms with Crippen molar-refractivity contribution in [3.8, 4) is 0 Å². The van der Waals surface area contributed by atoms with Crippen molar-refractivity contribution in [3.63, 3.8) is 0 Å². The maximum atomic E-state index is 13.8. The zero-order valence-electron chi connectivity index (χ0n) is 23.4. The molecule has 0 bridgehead atoms. The maximum Gasteiger partial charge on any atom is 0.241 e. The maximum absolute atomic E-state index is 13.8. The summed E-state index contributed by atoms with van der Waals surface area (Å²) in [6, 6.07) is 23.3. The van der Waals surface area contributed by atoms with E-state index in [1.165, 1.54) is 21.6 Å². The number of rotatable bonds is 12. The number of sulfonamides is 1. The summed E-state index contributed by atoms with van der Waals surface area (Å²) in [5, 5.41) is 0. The summed E-state index contributed by atoms with van der Waals surface area (Å²) in [5.74, 6) is 0.797. The molecule has 3 aromatic carbocycles. The Morgan fingerprint density at radius 3 is 1.81 bits per heavy atom. The van der Waals surface area contributed by atoms with Crippen LogP contribution in [0, 0.1) is 0 Å². The summed E-state index contributed by atoms with van der Waals surface area (Å²) in [6.45, 7) is 13.0. The molecule has 1 atom stereocenters. The standard InChI is InChI=1S/C32H43NO2S2/c1-22(2)28-20-30(23(3)4)32(31(21-28)24(5)6)37(34,35)33-18-17-27(26-11-9-8-10-12-26)19-25-13-15-29(36-7)16-14-25/h8-16,20-24,27,33H,17-19H2,1-7H3/t27-/m1/s1. The topological polar surface area (TPSA) is 46.2 Å². The Kier molecular flexibility index (Phi) is 10.5. The molecule has 0 spiro atoms. The van der Waals surface area contributed by atoms with Gasteiger partial charge in [0.25, 0.3) is 0 Å². The van der Waals surface area contributed by atoms with Crippen molar-refractivity contribution in [3.05, 3.63) is 94.5 Å². The van der Waals surface area contributed by atoms with E-state index in [0.717, 1.165) is 24.0 Å². The monoisotopic (exact) mass is 537 g/mol. The molecule has 200 valence electrons. The van der Waals surface area contributed by atoms with Crippen LogP contribution < -0.4 is 4.72 Å². The van der Waals surface area contributed by atoms with E-state index in [-0.39, 0.29) is 17.8 Å². The van der Waals surface area contributed by atoms with Crippen LogP contribution in [-0.4, -0.2) is 21.2 Å². The fourth-order valence-corrected chi connectivity index (χ4v) is 6.95. The Hall–Kier alpha value is -2.08. The van der Waals surface area contributed by atoms with Gasteiger partial charge in [0.2, 0.25) is 10.0 Å². The largest absolute Gasteiger partial charge is 0.241 e. The summed E-state index contributed by atoms with van der Waals surface area (Å²) >= 11 is 1.74. The minimum atomic E-state index is -3.67. The van der Waals surface area contributed by atoms with Gasteiger partial charge in [-0.1, -0.05) is 96.1 Å². The number of thioether (sulfide) groups is 1. The van der Waals surface area contributed by atoms with Crippen LogP contribution in [0.3, 0.4) is 0 Å². The van der Waals surface area contributed by atoms with Crippen molar-refractivity contribution < 1.29 is 8.42 Å². The molecule has 0 aliphatic rings. The van der Waals surface area contributed by atoms with E-state index >= 15 is 0 Å². The molecule has 0 aliphatic heterocycles. The lowest BCUT2D eigenvalue weighted by Gasteiger charge is -2.23. The Morgan fingerprint density at radius 2 is 1.32 bits per heavy atom. The highest BCUT2D eigenvalue weighted by molar-refractivity contribution is 7.98. The second-order valence-corrected chi connectivity index (χ2v) is 13.4. The smallest absolute Gasteiger partial charge is 0.211 e. The van der Waals surface area contributed by atoms with Gasteiger partial charge in [0.05, 0.1) is 4.90 Å². The zero-order chi connectivity index (χ0) is 27.2. The van der Waals surface area contributed by atoms with Crippen molar-refractivity contribution in [1.82, 2.24) is 4.72 Å². The van der Waals surface area contributed by atoms with E-state index < -0.39 is 10.0 Å². The zero-order valence-corrected chi connectivity index (χ0v) is 25.0. The molecule has 0 heterocycles. The molecule has 0 amide bonds. The first-order valence-electron chi connectivity index (χ1n) is 13.4. The number of hydrogen-bond acceptors (Lipinski definition) is 3. The Morgan fingerprint density at radius 1 is 0.757 bits per heavy atom. The van der Waals surface area contributed by atoms with Gasteiger partial charge in [0.1, 0.15) is 0 Å². The second kappa shape index (κ2) is 13.1. The van der Waals surface area contributed by atoms with Crippen molar-refractivity contribution >= 4 is 21.8 Å². The molecule has 0 radical (unpaired) electrons. The van der Waals surface area contributed by atoms with E-state index in [1.807, 2.05) is 6.07 Å². The fraction of sp³-hybridized carbons (Fsp3) is 0.438. The van der Waals surface area contributed by atoms with E-state index in [0.29, 0.717) is 17.4 Å². The highest BCUT2D eigenvalue weighted by Gasteiger charge is 2.27. The van der Waals surface area contributed by atoms with Gasteiger partial charge in [-0.2, -0.15) is 0 Å². The van der Waals surface area contributed by atoms with E-state index in [4.69, 9.17) is 0 Å². The molecule has 0 saturated heterocycles. The SMILES string of the molecule is CSc1ccc(C[C@@H](CCNS(=O)(=O)c2c(C(C)C)cc(C(C)C)cc2C(C)C)c2ccccc2)cc1. The van der Waals surface area contributed by atoms with Gasteiger partial charge in [-0.25, -0.2) is 13.1 Å². The van der Waals surface area contributed by atoms with Crippen LogP contribution in [0.15, 0.2) is 76.5 Å². The molecule has 0 fully saturated rings. The van der Waals surface area contributed by atoms with Gasteiger partial charge in [0, 0.05) is 11.4 Å². The predicted molar refractivity (Wildman–Crippen MR) is 160 cm³/mol. The minimum absolute atomic E-state index is 0.115. The van der Waals surface area contributed by atoms with Crippen LogP contribution in [0.1, 0.15) is 99.5 Å². The average molecular weight is 538 g/mol. The highest BCUT2D eigenvalue weighted by atomic mass is 32.2.